The number of amides is 4. The van der Waals surface area contributed by atoms with E-state index in [-0.39, 0.29) is 24.4 Å². The summed E-state index contributed by atoms with van der Waals surface area (Å²) in [7, 11) is 1.54. The van der Waals surface area contributed by atoms with Crippen molar-refractivity contribution in [2.24, 2.45) is 0 Å². The predicted molar refractivity (Wildman–Crippen MR) is 283 cm³/mol. The molecule has 0 spiro atoms. The molecule has 1 atom stereocenters. The third-order valence-corrected chi connectivity index (χ3v) is 13.4. The molecule has 3 N–H and O–H groups in total. The molecule has 1 aliphatic rings. The number of benzene rings is 5. The molecule has 1 saturated heterocycles. The number of aromatic amines is 1. The number of tetrazole rings is 1. The van der Waals surface area contributed by atoms with Crippen LogP contribution in [0.3, 0.4) is 0 Å². The number of carbonyl (C=O) groups is 5. The normalized spacial score (nSPS) is 13.3. The summed E-state index contributed by atoms with van der Waals surface area (Å²) in [6.07, 6.45) is 1.23. The summed E-state index contributed by atoms with van der Waals surface area (Å²) in [5.41, 5.74) is 5.53. The molecule has 18 nitrogen and oxygen atoms in total. The number of nitrogens with zero attached hydrogens (tertiary/aromatic N) is 6. The van der Waals surface area contributed by atoms with Gasteiger partial charge >= 0.3 is 12.1 Å². The molecule has 4 amide bonds. The third-order valence-electron chi connectivity index (χ3n) is 11.4. The van der Waals surface area contributed by atoms with Gasteiger partial charge in [-0.2, -0.15) is 5.21 Å². The van der Waals surface area contributed by atoms with Gasteiger partial charge < -0.3 is 28.8 Å². The Morgan fingerprint density at radius 3 is 2.23 bits per heavy atom. The first-order chi connectivity index (χ1) is 35.6. The van der Waals surface area contributed by atoms with E-state index in [0.29, 0.717) is 71.0 Å². The van der Waals surface area contributed by atoms with E-state index >= 15 is 0 Å². The zero-order valence-electron chi connectivity index (χ0n) is 41.7. The van der Waals surface area contributed by atoms with Crippen LogP contribution in [0.5, 0.6) is 17.2 Å². The van der Waals surface area contributed by atoms with Crippen molar-refractivity contribution < 1.29 is 42.9 Å². The minimum Gasteiger partial charge on any atom is -0.484 e. The molecule has 5 aromatic carbocycles. The highest BCUT2D eigenvalue weighted by Crippen LogP contribution is 2.36. The minimum absolute atomic E-state index is 0.217. The van der Waals surface area contributed by atoms with E-state index in [1.807, 2.05) is 77.4 Å². The van der Waals surface area contributed by atoms with Crippen LogP contribution in [0.1, 0.15) is 74.2 Å². The SMILES string of the molecule is CCCc1nc(CSc2ccc(Oc3ccc(NC(=O)COc4ccc(CC5SC(=O)NC5=O)cc4)c(N(C)C(=O)OC(C)(C)C)c3)cc2)c(C(=O)OCC)n1Cc1ccc(-c2ccccc2-c2nn[nH]n2)cc1. The van der Waals surface area contributed by atoms with E-state index in [9.17, 15) is 24.0 Å². The van der Waals surface area contributed by atoms with Gasteiger partial charge in [0.25, 0.3) is 11.1 Å². The molecule has 20 heteroatoms. The van der Waals surface area contributed by atoms with Crippen molar-refractivity contribution in [1.82, 2.24) is 35.5 Å². The Kier molecular flexibility index (Phi) is 16.8. The van der Waals surface area contributed by atoms with Gasteiger partial charge in [-0.1, -0.05) is 79.3 Å². The molecule has 2 aromatic heterocycles. The molecule has 0 radical (unpaired) electrons. The monoisotopic (exact) mass is 1040 g/mol. The van der Waals surface area contributed by atoms with Gasteiger partial charge in [-0.3, -0.25) is 24.6 Å². The van der Waals surface area contributed by atoms with E-state index in [2.05, 4.69) is 38.2 Å². The van der Waals surface area contributed by atoms with E-state index in [0.717, 1.165) is 56.7 Å². The van der Waals surface area contributed by atoms with Crippen LogP contribution in [0.25, 0.3) is 22.5 Å². The topological polar surface area (TPSA) is 222 Å². The number of carbonyl (C=O) groups excluding carboxylic acids is 5. The molecule has 0 saturated carbocycles. The Morgan fingerprint density at radius 1 is 0.865 bits per heavy atom. The summed E-state index contributed by atoms with van der Waals surface area (Å²) in [6, 6.07) is 35.4. The average molecular weight is 1040 g/mol. The molecule has 0 bridgehead atoms. The summed E-state index contributed by atoms with van der Waals surface area (Å²) in [5, 5.41) is 18.9. The molecule has 0 aliphatic carbocycles. The molecule has 382 valence electrons. The third kappa shape index (κ3) is 13.4. The fourth-order valence-electron chi connectivity index (χ4n) is 7.92. The van der Waals surface area contributed by atoms with Gasteiger partial charge in [0.2, 0.25) is 11.7 Å². The second kappa shape index (κ2) is 23.7. The quantitative estimate of drug-likeness (QED) is 0.0477. The van der Waals surface area contributed by atoms with E-state index in [4.69, 9.17) is 23.9 Å². The maximum Gasteiger partial charge on any atom is 0.414 e. The number of rotatable bonds is 20. The van der Waals surface area contributed by atoms with E-state index in [1.165, 1.54) is 23.7 Å². The lowest BCUT2D eigenvalue weighted by Crippen LogP contribution is -2.34. The number of H-pyrrole nitrogens is 1. The molecule has 3 heterocycles. The van der Waals surface area contributed by atoms with Crippen molar-refractivity contribution in [2.45, 2.75) is 81.9 Å². The van der Waals surface area contributed by atoms with Crippen LogP contribution < -0.4 is 25.0 Å². The zero-order valence-corrected chi connectivity index (χ0v) is 43.3. The molecule has 8 rings (SSSR count). The summed E-state index contributed by atoms with van der Waals surface area (Å²) < 4.78 is 25.3. The first kappa shape index (κ1) is 52.4. The van der Waals surface area contributed by atoms with Crippen molar-refractivity contribution in [1.29, 1.82) is 0 Å². The molecular formula is C54H55N9O9S2. The highest BCUT2D eigenvalue weighted by atomic mass is 32.2. The summed E-state index contributed by atoms with van der Waals surface area (Å²) in [6.45, 7) is 9.45. The highest BCUT2D eigenvalue weighted by molar-refractivity contribution is 8.15. The van der Waals surface area contributed by atoms with Crippen molar-refractivity contribution in [3.05, 3.63) is 144 Å². The summed E-state index contributed by atoms with van der Waals surface area (Å²) in [5.74, 6) is 1.81. The highest BCUT2D eigenvalue weighted by Gasteiger charge is 2.32. The lowest BCUT2D eigenvalue weighted by Gasteiger charge is -2.26. The molecule has 74 heavy (non-hydrogen) atoms. The van der Waals surface area contributed by atoms with E-state index in [1.54, 1.807) is 70.2 Å². The van der Waals surface area contributed by atoms with Gasteiger partial charge in [0.05, 0.1) is 28.9 Å². The fourth-order valence-corrected chi connectivity index (χ4v) is 9.61. The molecule has 7 aromatic rings. The average Bonchev–Trinajstić information content (AvgIpc) is 4.12. The number of aryl methyl sites for hydroxylation is 1. The number of nitrogens with one attached hydrogen (secondary N) is 3. The maximum atomic E-state index is 13.7. The molecule has 1 aliphatic heterocycles. The minimum atomic E-state index is -0.787. The first-order valence-corrected chi connectivity index (χ1v) is 25.7. The van der Waals surface area contributed by atoms with Crippen molar-refractivity contribution >= 4 is 64.0 Å². The Bertz CT molecular complexity index is 3120. The van der Waals surface area contributed by atoms with Gasteiger partial charge in [-0.25, -0.2) is 14.6 Å². The predicted octanol–water partition coefficient (Wildman–Crippen LogP) is 10.3. The molecule has 1 fully saturated rings. The number of thioether (sulfide) groups is 2. The van der Waals surface area contributed by atoms with Crippen LogP contribution in [0.4, 0.5) is 21.0 Å². The smallest absolute Gasteiger partial charge is 0.414 e. The van der Waals surface area contributed by atoms with Gasteiger partial charge in [0.15, 0.2) is 12.3 Å². The fraction of sp³-hybridized carbons (Fsp3) is 0.278. The van der Waals surface area contributed by atoms with Gasteiger partial charge in [0, 0.05) is 42.3 Å². The molecule has 1 unspecified atom stereocenters. The molecular weight excluding hydrogens is 983 g/mol. The van der Waals surface area contributed by atoms with Crippen molar-refractivity contribution in [3.8, 4) is 39.8 Å². The number of hydrogen-bond acceptors (Lipinski definition) is 15. The van der Waals surface area contributed by atoms with Crippen LogP contribution >= 0.6 is 23.5 Å². The van der Waals surface area contributed by atoms with Crippen molar-refractivity contribution in [3.63, 3.8) is 0 Å². The van der Waals surface area contributed by atoms with Gasteiger partial charge in [-0.15, -0.1) is 22.0 Å². The van der Waals surface area contributed by atoms with Crippen LogP contribution in [0, 0.1) is 0 Å². The number of hydrogen-bond donors (Lipinski definition) is 3. The van der Waals surface area contributed by atoms with E-state index < -0.39 is 28.8 Å². The second-order valence-corrected chi connectivity index (χ2v) is 20.2. The number of aromatic nitrogens is 6. The Labute approximate surface area is 436 Å². The maximum absolute atomic E-state index is 13.7. The number of imidazole rings is 1. The second-order valence-electron chi connectivity index (χ2n) is 18.0. The summed E-state index contributed by atoms with van der Waals surface area (Å²) >= 11 is 2.49. The number of imide groups is 1. The summed E-state index contributed by atoms with van der Waals surface area (Å²) in [4.78, 5) is 71.0. The number of ether oxygens (including phenoxy) is 4. The van der Waals surface area contributed by atoms with Crippen LogP contribution in [0.15, 0.2) is 120 Å². The zero-order chi connectivity index (χ0) is 52.4. The Morgan fingerprint density at radius 2 is 1.57 bits per heavy atom. The number of esters is 1. The van der Waals surface area contributed by atoms with Gasteiger partial charge in [-0.05, 0) is 117 Å². The Hall–Kier alpha value is -7.97. The lowest BCUT2D eigenvalue weighted by atomic mass is 9.98. The van der Waals surface area contributed by atoms with Crippen LogP contribution in [-0.2, 0) is 44.2 Å². The van der Waals surface area contributed by atoms with Gasteiger partial charge in [0.1, 0.15) is 28.7 Å². The van der Waals surface area contributed by atoms with Crippen molar-refractivity contribution in [2.75, 3.05) is 30.5 Å². The standard InChI is InChI=1S/C54H55N9O9S2/c1-7-11-46-55-43(48(51(66)69-8-2)63(46)30-34-14-18-35(19-15-34)40-12-9-10-13-41(40)49-58-60-61-59-49)32-73-39-25-22-37(23-26-39)71-38-24-27-42(44(29-38)62(6)53(68)72-54(3,4)5)56-47(64)31-70-36-20-16-33(17-21-36)28-45-50(65)57-52(67)74-45/h9-10,12-27,29,45H,7-8,11,28,30-32H2,1-6H3,(H,56,64)(H,57,65,67)(H,58,59,60,61). The Balaban J connectivity index is 0.937. The lowest BCUT2D eigenvalue weighted by molar-refractivity contribution is -0.119. The van der Waals surface area contributed by atoms with Crippen LogP contribution in [0.2, 0.25) is 0 Å². The number of anilines is 2. The first-order valence-electron chi connectivity index (χ1n) is 23.9. The largest absolute Gasteiger partial charge is 0.484 e. The van der Waals surface area contributed by atoms with Crippen LogP contribution in [-0.4, -0.2) is 90.4 Å².